The number of fused-ring (bicyclic) bond motifs is 1. The number of H-pyrrole nitrogens is 1. The zero-order chi connectivity index (χ0) is 17.2. The number of aromatic nitrogens is 5. The summed E-state index contributed by atoms with van der Waals surface area (Å²) in [5.74, 6) is -0.270. The van der Waals surface area contributed by atoms with E-state index in [2.05, 4.69) is 25.7 Å². The van der Waals surface area contributed by atoms with Crippen LogP contribution in [-0.2, 0) is 12.8 Å². The molecule has 2 aromatic heterocycles. The van der Waals surface area contributed by atoms with Gasteiger partial charge in [0, 0.05) is 12.1 Å². The van der Waals surface area contributed by atoms with Crippen molar-refractivity contribution in [3.63, 3.8) is 0 Å². The Balaban J connectivity index is 1.46. The number of carbonyl (C=O) groups excluding carboxylic acids is 1. The maximum atomic E-state index is 12.4. The van der Waals surface area contributed by atoms with E-state index in [-0.39, 0.29) is 23.2 Å². The molecule has 3 aromatic rings. The van der Waals surface area contributed by atoms with Gasteiger partial charge in [-0.15, -0.1) is 5.10 Å². The summed E-state index contributed by atoms with van der Waals surface area (Å²) in [5.41, 5.74) is 2.60. The molecular weight excluding hydrogens is 320 g/mol. The molecule has 2 heterocycles. The number of rotatable bonds is 3. The van der Waals surface area contributed by atoms with Crippen LogP contribution in [0.5, 0.6) is 0 Å². The molecule has 0 saturated carbocycles. The maximum Gasteiger partial charge on any atom is 0.273 e. The fourth-order valence-corrected chi connectivity index (χ4v) is 2.98. The first-order valence-corrected chi connectivity index (χ1v) is 8.05. The van der Waals surface area contributed by atoms with Gasteiger partial charge in [0.25, 0.3) is 11.5 Å². The van der Waals surface area contributed by atoms with Crippen LogP contribution in [0.3, 0.4) is 0 Å². The van der Waals surface area contributed by atoms with Gasteiger partial charge in [-0.3, -0.25) is 9.59 Å². The molecule has 0 saturated heterocycles. The van der Waals surface area contributed by atoms with Gasteiger partial charge >= 0.3 is 0 Å². The van der Waals surface area contributed by atoms with Crippen LogP contribution in [0.4, 0.5) is 0 Å². The number of nitrogens with zero attached hydrogens (tertiary/aromatic N) is 4. The van der Waals surface area contributed by atoms with Crippen LogP contribution in [-0.4, -0.2) is 37.1 Å². The van der Waals surface area contributed by atoms with Crippen molar-refractivity contribution in [1.29, 1.82) is 0 Å². The average Bonchev–Trinajstić information content (AvgIpc) is 3.12. The van der Waals surface area contributed by atoms with E-state index in [0.717, 1.165) is 23.4 Å². The number of aryl methyl sites for hydroxylation is 1. The highest BCUT2D eigenvalue weighted by atomic mass is 16.2. The molecule has 1 aromatic carbocycles. The van der Waals surface area contributed by atoms with E-state index in [9.17, 15) is 9.59 Å². The minimum Gasteiger partial charge on any atom is -0.348 e. The van der Waals surface area contributed by atoms with Crippen LogP contribution in [0, 0.1) is 0 Å². The van der Waals surface area contributed by atoms with Gasteiger partial charge in [-0.1, -0.05) is 18.2 Å². The number of benzene rings is 1. The molecule has 1 unspecified atom stereocenters. The van der Waals surface area contributed by atoms with Gasteiger partial charge < -0.3 is 5.32 Å². The third-order valence-corrected chi connectivity index (χ3v) is 4.22. The van der Waals surface area contributed by atoms with Gasteiger partial charge in [0.05, 0.1) is 17.6 Å². The van der Waals surface area contributed by atoms with Crippen molar-refractivity contribution in [1.82, 2.24) is 30.5 Å². The Morgan fingerprint density at radius 1 is 1.28 bits per heavy atom. The minimum absolute atomic E-state index is 0.0505. The second-order valence-corrected chi connectivity index (χ2v) is 5.97. The first-order valence-electron chi connectivity index (χ1n) is 8.05. The van der Waals surface area contributed by atoms with Crippen LogP contribution >= 0.6 is 0 Å². The number of nitrogens with one attached hydrogen (secondary N) is 2. The molecular formula is C17H16N6O2. The number of aromatic amines is 1. The van der Waals surface area contributed by atoms with E-state index < -0.39 is 0 Å². The predicted octanol–water partition coefficient (Wildman–Crippen LogP) is 0.638. The zero-order valence-electron chi connectivity index (χ0n) is 13.3. The number of hydrogen-bond acceptors (Lipinski definition) is 5. The molecule has 8 heteroatoms. The molecule has 1 amide bonds. The number of carbonyl (C=O) groups is 1. The van der Waals surface area contributed by atoms with Gasteiger partial charge in [0.1, 0.15) is 0 Å². The molecule has 2 N–H and O–H groups in total. The number of amides is 1. The van der Waals surface area contributed by atoms with Crippen LogP contribution in [0.25, 0.3) is 5.69 Å². The molecule has 0 fully saturated rings. The van der Waals surface area contributed by atoms with Crippen molar-refractivity contribution < 1.29 is 4.79 Å². The van der Waals surface area contributed by atoms with Gasteiger partial charge in [0.15, 0.2) is 5.69 Å². The van der Waals surface area contributed by atoms with Crippen LogP contribution < -0.4 is 10.9 Å². The molecule has 0 radical (unpaired) electrons. The Kier molecular flexibility index (Phi) is 3.85. The minimum atomic E-state index is -0.270. The summed E-state index contributed by atoms with van der Waals surface area (Å²) in [6.07, 6.45) is 3.52. The SMILES string of the molecule is O=C(NC1CCc2n[nH]c(=O)cc2C1)c1cnn(-c2ccccc2)n1. The van der Waals surface area contributed by atoms with Crippen molar-refractivity contribution in [2.24, 2.45) is 0 Å². The molecule has 1 aliphatic rings. The summed E-state index contributed by atoms with van der Waals surface area (Å²) >= 11 is 0. The Bertz CT molecular complexity index is 963. The molecule has 25 heavy (non-hydrogen) atoms. The Morgan fingerprint density at radius 3 is 2.96 bits per heavy atom. The lowest BCUT2D eigenvalue weighted by atomic mass is 9.92. The summed E-state index contributed by atoms with van der Waals surface area (Å²) in [5, 5.41) is 17.8. The van der Waals surface area contributed by atoms with Crippen LogP contribution in [0.15, 0.2) is 47.4 Å². The fourth-order valence-electron chi connectivity index (χ4n) is 2.98. The molecule has 1 atom stereocenters. The van der Waals surface area contributed by atoms with E-state index in [1.54, 1.807) is 6.07 Å². The topological polar surface area (TPSA) is 106 Å². The van der Waals surface area contributed by atoms with Crippen molar-refractivity contribution in [2.75, 3.05) is 0 Å². The maximum absolute atomic E-state index is 12.4. The highest BCUT2D eigenvalue weighted by Crippen LogP contribution is 2.17. The molecule has 1 aliphatic carbocycles. The standard InChI is InChI=1S/C17H16N6O2/c24-16-9-11-8-12(6-7-14(11)20-21-16)19-17(25)15-10-18-23(22-15)13-4-2-1-3-5-13/h1-5,9-10,12H,6-8H2,(H,19,25)(H,21,24). The Hall–Kier alpha value is -3.29. The molecule has 0 spiro atoms. The molecule has 4 rings (SSSR count). The number of hydrogen-bond donors (Lipinski definition) is 2. The fraction of sp³-hybridized carbons (Fsp3) is 0.235. The average molecular weight is 336 g/mol. The Labute approximate surface area is 142 Å². The zero-order valence-corrected chi connectivity index (χ0v) is 13.3. The first-order chi connectivity index (χ1) is 12.2. The van der Waals surface area contributed by atoms with E-state index in [1.807, 2.05) is 30.3 Å². The molecule has 126 valence electrons. The predicted molar refractivity (Wildman–Crippen MR) is 89.5 cm³/mol. The van der Waals surface area contributed by atoms with Gasteiger partial charge in [-0.2, -0.15) is 15.0 Å². The first kappa shape index (κ1) is 15.3. The number of para-hydroxylation sites is 1. The van der Waals surface area contributed by atoms with Gasteiger partial charge in [-0.25, -0.2) is 5.10 Å². The highest BCUT2D eigenvalue weighted by molar-refractivity contribution is 5.92. The lowest BCUT2D eigenvalue weighted by Gasteiger charge is -2.23. The van der Waals surface area contributed by atoms with Gasteiger partial charge in [-0.05, 0) is 37.0 Å². The summed E-state index contributed by atoms with van der Waals surface area (Å²) in [7, 11) is 0. The molecule has 8 nitrogen and oxygen atoms in total. The smallest absolute Gasteiger partial charge is 0.273 e. The molecule has 0 bridgehead atoms. The second kappa shape index (κ2) is 6.31. The largest absolute Gasteiger partial charge is 0.348 e. The van der Waals surface area contributed by atoms with E-state index >= 15 is 0 Å². The summed E-state index contributed by atoms with van der Waals surface area (Å²) < 4.78 is 0. The second-order valence-electron chi connectivity index (χ2n) is 5.97. The third-order valence-electron chi connectivity index (χ3n) is 4.22. The van der Waals surface area contributed by atoms with Crippen molar-refractivity contribution >= 4 is 5.91 Å². The van der Waals surface area contributed by atoms with E-state index in [4.69, 9.17) is 0 Å². The highest BCUT2D eigenvalue weighted by Gasteiger charge is 2.23. The van der Waals surface area contributed by atoms with Crippen molar-refractivity contribution in [3.05, 3.63) is 69.9 Å². The Morgan fingerprint density at radius 2 is 2.12 bits per heavy atom. The summed E-state index contributed by atoms with van der Waals surface area (Å²) in [4.78, 5) is 25.3. The summed E-state index contributed by atoms with van der Waals surface area (Å²) in [6, 6.07) is 10.9. The normalized spacial score (nSPS) is 16.2. The van der Waals surface area contributed by atoms with E-state index in [1.165, 1.54) is 11.0 Å². The van der Waals surface area contributed by atoms with Crippen LogP contribution in [0.1, 0.15) is 28.2 Å². The van der Waals surface area contributed by atoms with Crippen molar-refractivity contribution in [2.45, 2.75) is 25.3 Å². The lowest BCUT2D eigenvalue weighted by molar-refractivity contribution is 0.0928. The van der Waals surface area contributed by atoms with Gasteiger partial charge in [0.2, 0.25) is 0 Å². The third kappa shape index (κ3) is 3.18. The van der Waals surface area contributed by atoms with Crippen LogP contribution in [0.2, 0.25) is 0 Å². The van der Waals surface area contributed by atoms with E-state index in [0.29, 0.717) is 12.8 Å². The molecule has 0 aliphatic heterocycles. The quantitative estimate of drug-likeness (QED) is 0.730. The lowest BCUT2D eigenvalue weighted by Crippen LogP contribution is -2.39. The summed E-state index contributed by atoms with van der Waals surface area (Å²) in [6.45, 7) is 0. The van der Waals surface area contributed by atoms with Crippen molar-refractivity contribution in [3.8, 4) is 5.69 Å². The monoisotopic (exact) mass is 336 g/mol.